The number of anilines is 1. The van der Waals surface area contributed by atoms with Crippen LogP contribution in [0.5, 0.6) is 11.5 Å². The highest BCUT2D eigenvalue weighted by Gasteiger charge is 2.16. The molecule has 0 aliphatic heterocycles. The van der Waals surface area contributed by atoms with Gasteiger partial charge in [0, 0.05) is 10.2 Å². The number of amides is 1. The maximum absolute atomic E-state index is 12.4. The molecule has 2 aromatic carbocycles. The van der Waals surface area contributed by atoms with E-state index in [4.69, 9.17) is 4.74 Å². The van der Waals surface area contributed by atoms with Gasteiger partial charge >= 0.3 is 0 Å². The van der Waals surface area contributed by atoms with E-state index < -0.39 is 5.91 Å². The first-order valence-electron chi connectivity index (χ1n) is 7.68. The van der Waals surface area contributed by atoms with Crippen LogP contribution in [-0.2, 0) is 11.2 Å². The highest BCUT2D eigenvalue weighted by Crippen LogP contribution is 2.42. The van der Waals surface area contributed by atoms with Gasteiger partial charge < -0.3 is 15.2 Å². The van der Waals surface area contributed by atoms with Gasteiger partial charge in [0.25, 0.3) is 5.91 Å². The molecule has 2 aromatic rings. The molecule has 0 fully saturated rings. The number of aromatic hydroxyl groups is 1. The average Bonchev–Trinajstić information content (AvgIpc) is 2.66. The first-order chi connectivity index (χ1) is 12.4. The van der Waals surface area contributed by atoms with E-state index >= 15 is 0 Å². The van der Waals surface area contributed by atoms with Gasteiger partial charge in [-0.05, 0) is 73.7 Å². The van der Waals surface area contributed by atoms with E-state index in [1.165, 1.54) is 19.3 Å². The summed E-state index contributed by atoms with van der Waals surface area (Å²) in [6, 6.07) is 10.9. The molecule has 0 radical (unpaired) electrons. The number of halogens is 2. The van der Waals surface area contributed by atoms with E-state index in [0.717, 1.165) is 12.0 Å². The molecule has 0 aliphatic rings. The minimum Gasteiger partial charge on any atom is -0.503 e. The van der Waals surface area contributed by atoms with E-state index in [1.807, 2.05) is 25.1 Å². The molecule has 134 valence electrons. The third-order valence-corrected chi connectivity index (χ3v) is 5.84. The maximum atomic E-state index is 12.4. The van der Waals surface area contributed by atoms with Crippen LogP contribution in [0.3, 0.4) is 0 Å². The van der Waals surface area contributed by atoms with Crippen LogP contribution in [0, 0.1) is 11.3 Å². The average molecular weight is 480 g/mol. The standard InChI is InChI=1S/C19H16Br2N2O3/c1-3-11-4-6-14(7-5-11)23-19(25)13(10-22)8-12-9-15(26-2)18(24)17(21)16(12)20/h4-9,24H,3H2,1-2H3,(H,23,25)/b13-8-. The fourth-order valence-corrected chi connectivity index (χ4v) is 3.04. The summed E-state index contributed by atoms with van der Waals surface area (Å²) in [5.74, 6) is -0.374. The van der Waals surface area contributed by atoms with E-state index in [1.54, 1.807) is 12.1 Å². The normalized spacial score (nSPS) is 11.0. The molecule has 2 N–H and O–H groups in total. The van der Waals surface area contributed by atoms with Crippen LogP contribution >= 0.6 is 31.9 Å². The molecular formula is C19H16Br2N2O3. The van der Waals surface area contributed by atoms with Gasteiger partial charge in [-0.3, -0.25) is 4.79 Å². The minimum atomic E-state index is -0.521. The Balaban J connectivity index is 2.33. The Morgan fingerprint density at radius 1 is 1.31 bits per heavy atom. The van der Waals surface area contributed by atoms with E-state index in [0.29, 0.717) is 20.2 Å². The molecule has 0 saturated carbocycles. The summed E-state index contributed by atoms with van der Waals surface area (Å²) in [6.45, 7) is 2.05. The number of aryl methyl sites for hydroxylation is 1. The van der Waals surface area contributed by atoms with E-state index in [-0.39, 0.29) is 17.1 Å². The number of methoxy groups -OCH3 is 1. The molecule has 0 spiro atoms. The van der Waals surface area contributed by atoms with Gasteiger partial charge in [0.05, 0.1) is 11.6 Å². The highest BCUT2D eigenvalue weighted by atomic mass is 79.9. The number of phenolic OH excluding ortho intramolecular Hbond substituents is 1. The number of nitrogens with zero attached hydrogens (tertiary/aromatic N) is 1. The zero-order valence-corrected chi connectivity index (χ0v) is 17.3. The van der Waals surface area contributed by atoms with Crippen molar-refractivity contribution in [1.29, 1.82) is 5.26 Å². The molecule has 0 saturated heterocycles. The van der Waals surface area contributed by atoms with Crippen molar-refractivity contribution in [2.45, 2.75) is 13.3 Å². The molecule has 0 unspecified atom stereocenters. The zero-order chi connectivity index (χ0) is 19.3. The van der Waals surface area contributed by atoms with Crippen LogP contribution in [0.1, 0.15) is 18.1 Å². The van der Waals surface area contributed by atoms with Crippen molar-refractivity contribution in [3.63, 3.8) is 0 Å². The lowest BCUT2D eigenvalue weighted by Gasteiger charge is -2.10. The number of rotatable bonds is 5. The van der Waals surface area contributed by atoms with Crippen molar-refractivity contribution < 1.29 is 14.6 Å². The summed E-state index contributed by atoms with van der Waals surface area (Å²) in [5.41, 5.74) is 2.20. The molecule has 7 heteroatoms. The maximum Gasteiger partial charge on any atom is 0.266 e. The lowest BCUT2D eigenvalue weighted by atomic mass is 10.1. The number of benzene rings is 2. The molecule has 0 bridgehead atoms. The third-order valence-electron chi connectivity index (χ3n) is 3.68. The number of hydrogen-bond acceptors (Lipinski definition) is 4. The van der Waals surface area contributed by atoms with Gasteiger partial charge in [-0.2, -0.15) is 5.26 Å². The predicted molar refractivity (Wildman–Crippen MR) is 108 cm³/mol. The van der Waals surface area contributed by atoms with Crippen molar-refractivity contribution in [3.8, 4) is 17.6 Å². The van der Waals surface area contributed by atoms with Gasteiger partial charge in [0.15, 0.2) is 11.5 Å². The second kappa shape index (κ2) is 8.88. The van der Waals surface area contributed by atoms with Crippen molar-refractivity contribution in [2.75, 3.05) is 12.4 Å². The minimum absolute atomic E-state index is 0.0736. The lowest BCUT2D eigenvalue weighted by molar-refractivity contribution is -0.112. The predicted octanol–water partition coefficient (Wildman–Crippen LogP) is 5.03. The monoisotopic (exact) mass is 478 g/mol. The number of hydrogen-bond donors (Lipinski definition) is 2. The number of nitriles is 1. The number of nitrogens with one attached hydrogen (secondary N) is 1. The van der Waals surface area contributed by atoms with Gasteiger partial charge in [0.2, 0.25) is 0 Å². The summed E-state index contributed by atoms with van der Waals surface area (Å²) >= 11 is 6.58. The van der Waals surface area contributed by atoms with Gasteiger partial charge in [-0.1, -0.05) is 19.1 Å². The SMILES string of the molecule is CCc1ccc(NC(=O)/C(C#N)=C\c2cc(OC)c(O)c(Br)c2Br)cc1. The molecule has 1 amide bonds. The van der Waals surface area contributed by atoms with E-state index in [2.05, 4.69) is 37.2 Å². The fraction of sp³-hybridized carbons (Fsp3) is 0.158. The van der Waals surface area contributed by atoms with Crippen molar-refractivity contribution in [3.05, 3.63) is 56.0 Å². The Hall–Kier alpha value is -2.30. The third kappa shape index (κ3) is 4.45. The lowest BCUT2D eigenvalue weighted by Crippen LogP contribution is -2.13. The Bertz CT molecular complexity index is 900. The van der Waals surface area contributed by atoms with Crippen LogP contribution in [-0.4, -0.2) is 18.1 Å². The van der Waals surface area contributed by atoms with Crippen LogP contribution in [0.2, 0.25) is 0 Å². The van der Waals surface area contributed by atoms with Crippen LogP contribution in [0.15, 0.2) is 44.9 Å². The summed E-state index contributed by atoms with van der Waals surface area (Å²) in [7, 11) is 1.42. The second-order valence-corrected chi connectivity index (χ2v) is 6.91. The molecular weight excluding hydrogens is 464 g/mol. The highest BCUT2D eigenvalue weighted by molar-refractivity contribution is 9.13. The van der Waals surface area contributed by atoms with Crippen molar-refractivity contribution in [2.24, 2.45) is 0 Å². The molecule has 0 aliphatic carbocycles. The molecule has 5 nitrogen and oxygen atoms in total. The number of phenols is 1. The Morgan fingerprint density at radius 3 is 2.50 bits per heavy atom. The van der Waals surface area contributed by atoms with Crippen LogP contribution in [0.25, 0.3) is 6.08 Å². The van der Waals surface area contributed by atoms with Gasteiger partial charge in [0.1, 0.15) is 11.6 Å². The molecule has 0 heterocycles. The number of carbonyl (C=O) groups excluding carboxylic acids is 1. The van der Waals surface area contributed by atoms with Gasteiger partial charge in [-0.15, -0.1) is 0 Å². The van der Waals surface area contributed by atoms with Crippen LogP contribution in [0.4, 0.5) is 5.69 Å². The Morgan fingerprint density at radius 2 is 1.96 bits per heavy atom. The smallest absolute Gasteiger partial charge is 0.266 e. The molecule has 26 heavy (non-hydrogen) atoms. The van der Waals surface area contributed by atoms with Gasteiger partial charge in [-0.25, -0.2) is 0 Å². The summed E-state index contributed by atoms with van der Waals surface area (Å²) in [5, 5.41) is 22.0. The molecule has 2 rings (SSSR count). The fourth-order valence-electron chi connectivity index (χ4n) is 2.20. The first kappa shape index (κ1) is 20.0. The van der Waals surface area contributed by atoms with E-state index in [9.17, 15) is 15.2 Å². The zero-order valence-electron chi connectivity index (χ0n) is 14.1. The molecule has 0 aromatic heterocycles. The number of carbonyl (C=O) groups is 1. The summed E-state index contributed by atoms with van der Waals surface area (Å²) in [6.07, 6.45) is 2.33. The largest absolute Gasteiger partial charge is 0.503 e. The van der Waals surface area contributed by atoms with Crippen LogP contribution < -0.4 is 10.1 Å². The molecule has 0 atom stereocenters. The summed E-state index contributed by atoms with van der Waals surface area (Å²) in [4.78, 5) is 12.4. The topological polar surface area (TPSA) is 82.4 Å². The van der Waals surface area contributed by atoms with Crippen molar-refractivity contribution >= 4 is 49.5 Å². The van der Waals surface area contributed by atoms with Crippen molar-refractivity contribution in [1.82, 2.24) is 0 Å². The number of ether oxygens (including phenoxy) is 1. The quantitative estimate of drug-likeness (QED) is 0.465. The summed E-state index contributed by atoms with van der Waals surface area (Å²) < 4.78 is 5.98. The Labute approximate surface area is 168 Å². The first-order valence-corrected chi connectivity index (χ1v) is 9.26. The second-order valence-electron chi connectivity index (χ2n) is 5.32. The Kier molecular flexibility index (Phi) is 6.83.